The van der Waals surface area contributed by atoms with Gasteiger partial charge in [0, 0.05) is 23.2 Å². The first kappa shape index (κ1) is 21.4. The number of phenolic OH excluding ortho intramolecular Hbond substituents is 1. The second-order valence-corrected chi connectivity index (χ2v) is 7.01. The number of halogens is 3. The number of unbranched alkanes of at least 4 members (excludes halogenated alkanes) is 1. The highest BCUT2D eigenvalue weighted by Gasteiger charge is 2.25. The molecule has 158 valence electrons. The summed E-state index contributed by atoms with van der Waals surface area (Å²) in [5.74, 6) is -4.92. The maximum Gasteiger partial charge on any atom is 0.262 e. The highest BCUT2D eigenvalue weighted by Crippen LogP contribution is 2.33. The van der Waals surface area contributed by atoms with Gasteiger partial charge in [-0.15, -0.1) is 0 Å². The van der Waals surface area contributed by atoms with E-state index in [1.807, 2.05) is 6.92 Å². The van der Waals surface area contributed by atoms with Crippen molar-refractivity contribution in [2.75, 3.05) is 6.54 Å². The highest BCUT2D eigenvalue weighted by molar-refractivity contribution is 6.05. The Kier molecular flexibility index (Phi) is 6.14. The molecule has 2 N–H and O–H groups in total. The van der Waals surface area contributed by atoms with E-state index in [0.29, 0.717) is 6.54 Å². The van der Waals surface area contributed by atoms with E-state index in [9.17, 15) is 27.9 Å². The summed E-state index contributed by atoms with van der Waals surface area (Å²) in [4.78, 5) is 25.4. The van der Waals surface area contributed by atoms with Crippen LogP contribution in [0, 0.1) is 24.4 Å². The summed E-state index contributed by atoms with van der Waals surface area (Å²) < 4.78 is 42.8. The monoisotopic (exact) mass is 418 g/mol. The molecule has 2 aromatic carbocycles. The molecule has 0 aliphatic heterocycles. The topological polar surface area (TPSA) is 71.3 Å². The number of rotatable bonds is 6. The maximum absolute atomic E-state index is 14.8. The van der Waals surface area contributed by atoms with Crippen LogP contribution >= 0.6 is 0 Å². The van der Waals surface area contributed by atoms with Crippen LogP contribution in [0.1, 0.15) is 41.4 Å². The van der Waals surface area contributed by atoms with Crippen molar-refractivity contribution in [1.29, 1.82) is 0 Å². The van der Waals surface area contributed by atoms with Gasteiger partial charge in [-0.25, -0.2) is 13.2 Å². The second kappa shape index (κ2) is 8.61. The van der Waals surface area contributed by atoms with Gasteiger partial charge in [0.25, 0.3) is 5.91 Å². The molecule has 0 aliphatic rings. The van der Waals surface area contributed by atoms with Gasteiger partial charge >= 0.3 is 0 Å². The van der Waals surface area contributed by atoms with Crippen LogP contribution in [0.15, 0.2) is 30.3 Å². The van der Waals surface area contributed by atoms with Crippen molar-refractivity contribution >= 4 is 22.7 Å². The summed E-state index contributed by atoms with van der Waals surface area (Å²) in [5.41, 5.74) is 0.494. The summed E-state index contributed by atoms with van der Waals surface area (Å²) in [6.07, 6.45) is 1.48. The molecule has 0 unspecified atom stereocenters. The number of carbonyl (C=O) groups is 2. The Hall–Kier alpha value is -3.29. The smallest absolute Gasteiger partial charge is 0.262 e. The molecule has 5 nitrogen and oxygen atoms in total. The molecule has 1 aromatic heterocycles. The van der Waals surface area contributed by atoms with Gasteiger partial charge in [-0.05, 0) is 49.2 Å². The number of hydrogen-bond acceptors (Lipinski definition) is 3. The standard InChI is InChI=1S/C22H21F3N2O3/c1-3-4-9-26-19(29)11-14-12(2)27(17-7-8-18(28)21(25)20(14)17)22(30)13-5-6-15(23)16(24)10-13/h5-8,10,28H,3-4,9,11H2,1-2H3,(H,26,29). The fourth-order valence-corrected chi connectivity index (χ4v) is 3.39. The van der Waals surface area contributed by atoms with Crippen molar-refractivity contribution in [3.63, 3.8) is 0 Å². The molecule has 0 saturated heterocycles. The van der Waals surface area contributed by atoms with E-state index >= 15 is 0 Å². The van der Waals surface area contributed by atoms with Crippen molar-refractivity contribution in [2.45, 2.75) is 33.1 Å². The van der Waals surface area contributed by atoms with E-state index < -0.39 is 29.1 Å². The third-order valence-electron chi connectivity index (χ3n) is 4.97. The lowest BCUT2D eigenvalue weighted by molar-refractivity contribution is -0.120. The minimum absolute atomic E-state index is 0.0610. The fourth-order valence-electron chi connectivity index (χ4n) is 3.39. The van der Waals surface area contributed by atoms with E-state index in [0.717, 1.165) is 41.7 Å². The number of phenols is 1. The van der Waals surface area contributed by atoms with Crippen molar-refractivity contribution in [1.82, 2.24) is 9.88 Å². The highest BCUT2D eigenvalue weighted by atomic mass is 19.2. The lowest BCUT2D eigenvalue weighted by atomic mass is 10.1. The zero-order valence-corrected chi connectivity index (χ0v) is 16.6. The number of hydrogen-bond donors (Lipinski definition) is 2. The summed E-state index contributed by atoms with van der Waals surface area (Å²) in [6, 6.07) is 5.16. The quantitative estimate of drug-likeness (QED) is 0.589. The molecule has 0 saturated carbocycles. The average molecular weight is 418 g/mol. The summed E-state index contributed by atoms with van der Waals surface area (Å²) in [5, 5.41) is 12.5. The minimum atomic E-state index is -1.19. The van der Waals surface area contributed by atoms with Crippen molar-refractivity contribution in [3.05, 3.63) is 64.6 Å². The number of carbonyl (C=O) groups excluding carboxylic acids is 2. The molecule has 30 heavy (non-hydrogen) atoms. The van der Waals surface area contributed by atoms with Crippen LogP contribution in [0.4, 0.5) is 13.2 Å². The molecule has 3 rings (SSSR count). The van der Waals surface area contributed by atoms with Gasteiger partial charge in [-0.3, -0.25) is 14.2 Å². The lowest BCUT2D eigenvalue weighted by Gasteiger charge is -2.08. The van der Waals surface area contributed by atoms with Gasteiger partial charge in [0.15, 0.2) is 23.2 Å². The Morgan fingerprint density at radius 1 is 1.10 bits per heavy atom. The van der Waals surface area contributed by atoms with Gasteiger partial charge in [0.05, 0.1) is 11.9 Å². The molecule has 8 heteroatoms. The molecule has 0 radical (unpaired) electrons. The van der Waals surface area contributed by atoms with Crippen LogP contribution in [0.2, 0.25) is 0 Å². The third-order valence-corrected chi connectivity index (χ3v) is 4.97. The molecule has 3 aromatic rings. The first-order chi connectivity index (χ1) is 14.3. The van der Waals surface area contributed by atoms with E-state index in [-0.39, 0.29) is 40.1 Å². The van der Waals surface area contributed by atoms with Gasteiger partial charge in [-0.1, -0.05) is 13.3 Å². The second-order valence-electron chi connectivity index (χ2n) is 7.01. The van der Waals surface area contributed by atoms with Gasteiger partial charge in [-0.2, -0.15) is 0 Å². The van der Waals surface area contributed by atoms with Gasteiger partial charge in [0.2, 0.25) is 5.91 Å². The number of aromatic nitrogens is 1. The third kappa shape index (κ3) is 3.90. The number of nitrogens with zero attached hydrogens (tertiary/aromatic N) is 1. The van der Waals surface area contributed by atoms with Crippen LogP contribution < -0.4 is 5.32 Å². The average Bonchev–Trinajstić information content (AvgIpc) is 2.98. The summed E-state index contributed by atoms with van der Waals surface area (Å²) >= 11 is 0. The number of fused-ring (bicyclic) bond motifs is 1. The SMILES string of the molecule is CCCCNC(=O)Cc1c(C)n(C(=O)c2ccc(F)c(F)c2)c2ccc(O)c(F)c12. The summed E-state index contributed by atoms with van der Waals surface area (Å²) in [7, 11) is 0. The van der Waals surface area contributed by atoms with Crippen LogP contribution in [-0.4, -0.2) is 28.0 Å². The Bertz CT molecular complexity index is 1140. The molecule has 0 aliphatic carbocycles. The predicted molar refractivity (Wildman–Crippen MR) is 106 cm³/mol. The van der Waals surface area contributed by atoms with Crippen LogP contribution in [0.5, 0.6) is 5.75 Å². The molecule has 0 atom stereocenters. The number of amides is 1. The first-order valence-electron chi connectivity index (χ1n) is 9.54. The number of aromatic hydroxyl groups is 1. The number of benzene rings is 2. The molecular formula is C22H21F3N2O3. The number of nitrogens with one attached hydrogen (secondary N) is 1. The summed E-state index contributed by atoms with van der Waals surface area (Å²) in [6.45, 7) is 3.98. The molecule has 0 bridgehead atoms. The predicted octanol–water partition coefficient (Wildman–Crippen LogP) is 4.22. The largest absolute Gasteiger partial charge is 0.505 e. The molecular weight excluding hydrogens is 397 g/mol. The Morgan fingerprint density at radius 2 is 1.83 bits per heavy atom. The first-order valence-corrected chi connectivity index (χ1v) is 9.54. The van der Waals surface area contributed by atoms with Crippen molar-refractivity contribution < 1.29 is 27.9 Å². The van der Waals surface area contributed by atoms with E-state index in [1.54, 1.807) is 0 Å². The van der Waals surface area contributed by atoms with E-state index in [1.165, 1.54) is 13.0 Å². The molecule has 0 fully saturated rings. The van der Waals surface area contributed by atoms with Crippen LogP contribution in [-0.2, 0) is 11.2 Å². The van der Waals surface area contributed by atoms with E-state index in [2.05, 4.69) is 5.32 Å². The molecule has 1 heterocycles. The minimum Gasteiger partial charge on any atom is -0.505 e. The molecule has 0 spiro atoms. The lowest BCUT2D eigenvalue weighted by Crippen LogP contribution is -2.26. The van der Waals surface area contributed by atoms with Crippen LogP contribution in [0.3, 0.4) is 0 Å². The zero-order chi connectivity index (χ0) is 22.0. The van der Waals surface area contributed by atoms with Crippen molar-refractivity contribution in [2.24, 2.45) is 0 Å². The van der Waals surface area contributed by atoms with Crippen molar-refractivity contribution in [3.8, 4) is 5.75 Å². The van der Waals surface area contributed by atoms with Gasteiger partial charge in [0.1, 0.15) is 0 Å². The zero-order valence-electron chi connectivity index (χ0n) is 16.6. The van der Waals surface area contributed by atoms with Gasteiger partial charge < -0.3 is 10.4 Å². The Labute approximate surface area is 171 Å². The maximum atomic E-state index is 14.8. The Morgan fingerprint density at radius 3 is 2.50 bits per heavy atom. The van der Waals surface area contributed by atoms with Crippen LogP contribution in [0.25, 0.3) is 10.9 Å². The fraction of sp³-hybridized carbons (Fsp3) is 0.273. The normalized spacial score (nSPS) is 11.1. The molecule has 1 amide bonds. The van der Waals surface area contributed by atoms with E-state index in [4.69, 9.17) is 0 Å². The Balaban J connectivity index is 2.12.